The Bertz CT molecular complexity index is 336. The van der Waals surface area contributed by atoms with Gasteiger partial charge in [0, 0.05) is 19.8 Å². The number of ether oxygens (including phenoxy) is 2. The Kier molecular flexibility index (Phi) is 7.68. The standard InChI is InChI=1S/C17H27NO2/c1-2-7-16(8-3-1)14-19-11-4-5-12-20-15-17-9-6-10-18-13-17/h1-3,7-8,17-18H,4-6,9-15H2. The van der Waals surface area contributed by atoms with Crippen molar-refractivity contribution in [2.45, 2.75) is 32.3 Å². The quantitative estimate of drug-likeness (QED) is 0.704. The van der Waals surface area contributed by atoms with Gasteiger partial charge in [0.2, 0.25) is 0 Å². The van der Waals surface area contributed by atoms with Gasteiger partial charge >= 0.3 is 0 Å². The normalized spacial score (nSPS) is 19.1. The van der Waals surface area contributed by atoms with E-state index in [-0.39, 0.29) is 0 Å². The molecule has 112 valence electrons. The molecule has 1 aromatic rings. The van der Waals surface area contributed by atoms with Crippen LogP contribution in [0.15, 0.2) is 30.3 Å². The van der Waals surface area contributed by atoms with Crippen molar-refractivity contribution in [1.82, 2.24) is 5.32 Å². The van der Waals surface area contributed by atoms with Crippen molar-refractivity contribution >= 4 is 0 Å². The minimum Gasteiger partial charge on any atom is -0.381 e. The number of unbranched alkanes of at least 4 members (excludes halogenated alkanes) is 1. The van der Waals surface area contributed by atoms with Gasteiger partial charge in [-0.05, 0) is 43.7 Å². The molecule has 1 atom stereocenters. The van der Waals surface area contributed by atoms with Crippen molar-refractivity contribution in [3.63, 3.8) is 0 Å². The number of hydrogen-bond acceptors (Lipinski definition) is 3. The predicted octanol–water partition coefficient (Wildman–Crippen LogP) is 3.00. The number of rotatable bonds is 9. The van der Waals surface area contributed by atoms with Crippen LogP contribution in [0.4, 0.5) is 0 Å². The van der Waals surface area contributed by atoms with Gasteiger partial charge in [0.25, 0.3) is 0 Å². The van der Waals surface area contributed by atoms with Gasteiger partial charge in [-0.15, -0.1) is 0 Å². The summed E-state index contributed by atoms with van der Waals surface area (Å²) in [7, 11) is 0. The summed E-state index contributed by atoms with van der Waals surface area (Å²) in [4.78, 5) is 0. The zero-order valence-corrected chi connectivity index (χ0v) is 12.4. The molecule has 1 saturated heterocycles. The molecule has 0 amide bonds. The van der Waals surface area contributed by atoms with Gasteiger partial charge in [-0.2, -0.15) is 0 Å². The van der Waals surface area contributed by atoms with Gasteiger partial charge in [-0.3, -0.25) is 0 Å². The first-order valence-corrected chi connectivity index (χ1v) is 7.85. The number of hydrogen-bond donors (Lipinski definition) is 1. The molecule has 0 aromatic heterocycles. The highest BCUT2D eigenvalue weighted by Crippen LogP contribution is 2.10. The fraction of sp³-hybridized carbons (Fsp3) is 0.647. The zero-order chi connectivity index (χ0) is 13.9. The summed E-state index contributed by atoms with van der Waals surface area (Å²) < 4.78 is 11.4. The molecule has 1 fully saturated rings. The third-order valence-corrected chi connectivity index (χ3v) is 3.69. The molecule has 1 aliphatic heterocycles. The van der Waals surface area contributed by atoms with Crippen LogP contribution in [0.2, 0.25) is 0 Å². The van der Waals surface area contributed by atoms with Crippen molar-refractivity contribution in [2.75, 3.05) is 32.9 Å². The van der Waals surface area contributed by atoms with Crippen LogP contribution in [-0.2, 0) is 16.1 Å². The second kappa shape index (κ2) is 9.92. The highest BCUT2D eigenvalue weighted by Gasteiger charge is 2.12. The lowest BCUT2D eigenvalue weighted by atomic mass is 10.0. The number of piperidine rings is 1. The molecule has 1 aromatic carbocycles. The van der Waals surface area contributed by atoms with E-state index in [9.17, 15) is 0 Å². The first-order valence-electron chi connectivity index (χ1n) is 7.85. The highest BCUT2D eigenvalue weighted by molar-refractivity contribution is 5.13. The summed E-state index contributed by atoms with van der Waals surface area (Å²) in [6.07, 6.45) is 4.78. The molecule has 1 N–H and O–H groups in total. The fourth-order valence-electron chi connectivity index (χ4n) is 2.49. The molecular formula is C17H27NO2. The van der Waals surface area contributed by atoms with Crippen molar-refractivity contribution in [2.24, 2.45) is 5.92 Å². The molecular weight excluding hydrogens is 250 g/mol. The maximum absolute atomic E-state index is 5.74. The molecule has 3 heteroatoms. The SMILES string of the molecule is c1ccc(COCCCCOCC2CCCNC2)cc1. The van der Waals surface area contributed by atoms with Crippen LogP contribution >= 0.6 is 0 Å². The average Bonchev–Trinajstić information content (AvgIpc) is 2.52. The second-order valence-corrected chi connectivity index (χ2v) is 5.53. The van der Waals surface area contributed by atoms with E-state index in [1.54, 1.807) is 0 Å². The summed E-state index contributed by atoms with van der Waals surface area (Å²) in [5.74, 6) is 0.720. The predicted molar refractivity (Wildman–Crippen MR) is 81.7 cm³/mol. The Labute approximate surface area is 122 Å². The summed E-state index contributed by atoms with van der Waals surface area (Å²) in [6, 6.07) is 10.3. The molecule has 0 saturated carbocycles. The van der Waals surface area contributed by atoms with E-state index in [0.717, 1.165) is 51.7 Å². The molecule has 0 spiro atoms. The van der Waals surface area contributed by atoms with Crippen LogP contribution in [0.5, 0.6) is 0 Å². The third-order valence-electron chi connectivity index (χ3n) is 3.69. The summed E-state index contributed by atoms with van der Waals surface area (Å²) in [5.41, 5.74) is 1.24. The Balaban J connectivity index is 1.38. The number of benzene rings is 1. The first kappa shape index (κ1) is 15.5. The molecule has 0 radical (unpaired) electrons. The molecule has 3 nitrogen and oxygen atoms in total. The Morgan fingerprint density at radius 1 is 1.05 bits per heavy atom. The fourth-order valence-corrected chi connectivity index (χ4v) is 2.49. The topological polar surface area (TPSA) is 30.5 Å². The van der Waals surface area contributed by atoms with Gasteiger partial charge in [0.05, 0.1) is 13.2 Å². The molecule has 0 aliphatic carbocycles. The lowest BCUT2D eigenvalue weighted by molar-refractivity contribution is 0.0739. The lowest BCUT2D eigenvalue weighted by Crippen LogP contribution is -2.32. The van der Waals surface area contributed by atoms with Gasteiger partial charge in [0.1, 0.15) is 0 Å². The Morgan fingerprint density at radius 3 is 2.60 bits per heavy atom. The monoisotopic (exact) mass is 277 g/mol. The minimum absolute atomic E-state index is 0.718. The van der Waals surface area contributed by atoms with Crippen LogP contribution in [0.3, 0.4) is 0 Å². The van der Waals surface area contributed by atoms with Crippen molar-refractivity contribution < 1.29 is 9.47 Å². The number of nitrogens with one attached hydrogen (secondary N) is 1. The second-order valence-electron chi connectivity index (χ2n) is 5.53. The van der Waals surface area contributed by atoms with Gasteiger partial charge in [0.15, 0.2) is 0 Å². The Hall–Kier alpha value is -0.900. The van der Waals surface area contributed by atoms with Crippen molar-refractivity contribution in [3.8, 4) is 0 Å². The molecule has 0 bridgehead atoms. The largest absolute Gasteiger partial charge is 0.381 e. The maximum atomic E-state index is 5.74. The van der Waals surface area contributed by atoms with Gasteiger partial charge in [-0.1, -0.05) is 30.3 Å². The van der Waals surface area contributed by atoms with E-state index < -0.39 is 0 Å². The summed E-state index contributed by atoms with van der Waals surface area (Å²) in [6.45, 7) is 5.62. The molecule has 20 heavy (non-hydrogen) atoms. The maximum Gasteiger partial charge on any atom is 0.0716 e. The third kappa shape index (κ3) is 6.51. The van der Waals surface area contributed by atoms with E-state index in [4.69, 9.17) is 9.47 Å². The smallest absolute Gasteiger partial charge is 0.0716 e. The van der Waals surface area contributed by atoms with Crippen LogP contribution in [0, 0.1) is 5.92 Å². The van der Waals surface area contributed by atoms with Crippen molar-refractivity contribution in [1.29, 1.82) is 0 Å². The van der Waals surface area contributed by atoms with Crippen LogP contribution in [0.1, 0.15) is 31.2 Å². The average molecular weight is 277 g/mol. The lowest BCUT2D eigenvalue weighted by Gasteiger charge is -2.22. The van der Waals surface area contributed by atoms with E-state index in [0.29, 0.717) is 0 Å². The molecule has 2 rings (SSSR count). The minimum atomic E-state index is 0.718. The summed E-state index contributed by atoms with van der Waals surface area (Å²) >= 11 is 0. The Morgan fingerprint density at radius 2 is 1.85 bits per heavy atom. The first-order chi connectivity index (χ1) is 9.95. The van der Waals surface area contributed by atoms with Crippen molar-refractivity contribution in [3.05, 3.63) is 35.9 Å². The van der Waals surface area contributed by atoms with Crippen LogP contribution in [0.25, 0.3) is 0 Å². The highest BCUT2D eigenvalue weighted by atomic mass is 16.5. The van der Waals surface area contributed by atoms with E-state index >= 15 is 0 Å². The molecule has 1 heterocycles. The van der Waals surface area contributed by atoms with E-state index in [1.807, 2.05) is 18.2 Å². The summed E-state index contributed by atoms with van der Waals surface area (Å²) in [5, 5.41) is 3.42. The van der Waals surface area contributed by atoms with Gasteiger partial charge < -0.3 is 14.8 Å². The van der Waals surface area contributed by atoms with Gasteiger partial charge in [-0.25, -0.2) is 0 Å². The van der Waals surface area contributed by atoms with E-state index in [2.05, 4.69) is 17.4 Å². The molecule has 1 aliphatic rings. The van der Waals surface area contributed by atoms with Crippen LogP contribution < -0.4 is 5.32 Å². The molecule has 1 unspecified atom stereocenters. The zero-order valence-electron chi connectivity index (χ0n) is 12.4. The van der Waals surface area contributed by atoms with Crippen LogP contribution in [-0.4, -0.2) is 32.9 Å². The van der Waals surface area contributed by atoms with E-state index in [1.165, 1.54) is 24.9 Å².